The first-order chi connectivity index (χ1) is 10.4. The van der Waals surface area contributed by atoms with Crippen molar-refractivity contribution < 1.29 is 19.4 Å². The lowest BCUT2D eigenvalue weighted by molar-refractivity contribution is -0.139. The summed E-state index contributed by atoms with van der Waals surface area (Å²) >= 11 is 4.89. The number of carbonyl (C=O) groups excluding carboxylic acids is 1. The quantitative estimate of drug-likeness (QED) is 0.864. The molecule has 5 nitrogen and oxygen atoms in total. The van der Waals surface area contributed by atoms with Crippen molar-refractivity contribution >= 4 is 39.1 Å². The van der Waals surface area contributed by atoms with Crippen molar-refractivity contribution in [3.05, 3.63) is 14.2 Å². The summed E-state index contributed by atoms with van der Waals surface area (Å²) in [5.41, 5.74) is -0.0569. The van der Waals surface area contributed by atoms with Crippen molar-refractivity contribution in [2.75, 3.05) is 20.2 Å². The van der Waals surface area contributed by atoms with Crippen LogP contribution in [0, 0.1) is 18.3 Å². The number of nitrogens with zero attached hydrogens (tertiary/aromatic N) is 1. The van der Waals surface area contributed by atoms with E-state index in [2.05, 4.69) is 15.9 Å². The van der Waals surface area contributed by atoms with Gasteiger partial charge in [-0.25, -0.2) is 0 Å². The highest BCUT2D eigenvalue weighted by Gasteiger charge is 2.59. The van der Waals surface area contributed by atoms with Crippen molar-refractivity contribution in [2.24, 2.45) is 11.3 Å². The van der Waals surface area contributed by atoms with Crippen LogP contribution in [0.3, 0.4) is 0 Å². The maximum Gasteiger partial charge on any atom is 0.307 e. The van der Waals surface area contributed by atoms with Crippen LogP contribution in [-0.4, -0.2) is 42.1 Å². The van der Waals surface area contributed by atoms with Crippen LogP contribution in [0.5, 0.6) is 5.75 Å². The zero-order chi connectivity index (χ0) is 16.1. The number of carboxylic acids is 1. The Morgan fingerprint density at radius 3 is 2.55 bits per heavy atom. The predicted molar refractivity (Wildman–Crippen MR) is 86.6 cm³/mol. The van der Waals surface area contributed by atoms with Gasteiger partial charge in [0.15, 0.2) is 5.75 Å². The molecule has 1 N–H and O–H groups in total. The molecule has 1 saturated heterocycles. The van der Waals surface area contributed by atoms with Crippen molar-refractivity contribution in [3.63, 3.8) is 0 Å². The van der Waals surface area contributed by atoms with Crippen LogP contribution in [0.1, 0.15) is 33.8 Å². The largest absolute Gasteiger partial charge is 0.494 e. The van der Waals surface area contributed by atoms with Crippen LogP contribution >= 0.6 is 27.3 Å². The summed E-state index contributed by atoms with van der Waals surface area (Å²) in [6.07, 6.45) is 2.32. The van der Waals surface area contributed by atoms with Gasteiger partial charge in [0.2, 0.25) is 0 Å². The maximum absolute atomic E-state index is 12.7. The number of rotatable bonds is 3. The second-order valence-corrected chi connectivity index (χ2v) is 8.10. The molecular formula is C15H18BrNO4S. The van der Waals surface area contributed by atoms with Gasteiger partial charge in [0.25, 0.3) is 5.91 Å². The Morgan fingerprint density at radius 1 is 1.41 bits per heavy atom. The highest BCUT2D eigenvalue weighted by atomic mass is 79.9. The van der Waals surface area contributed by atoms with Gasteiger partial charge in [0.05, 0.1) is 17.5 Å². The zero-order valence-electron chi connectivity index (χ0n) is 12.5. The number of likely N-dealkylation sites (tertiary alicyclic amines) is 1. The van der Waals surface area contributed by atoms with Crippen LogP contribution in [0.15, 0.2) is 4.47 Å². The van der Waals surface area contributed by atoms with Crippen LogP contribution in [-0.2, 0) is 4.79 Å². The number of carboxylic acid groups (broad SMARTS) is 1. The molecule has 1 aromatic heterocycles. The lowest BCUT2D eigenvalue weighted by Crippen LogP contribution is -2.39. The molecule has 1 atom stereocenters. The number of hydrogen-bond donors (Lipinski definition) is 1. The molecule has 1 amide bonds. The summed E-state index contributed by atoms with van der Waals surface area (Å²) in [6.45, 7) is 3.20. The van der Waals surface area contributed by atoms with Gasteiger partial charge in [-0.3, -0.25) is 9.59 Å². The topological polar surface area (TPSA) is 66.8 Å². The first-order valence-corrected chi connectivity index (χ1v) is 8.85. The van der Waals surface area contributed by atoms with Crippen LogP contribution in [0.2, 0.25) is 0 Å². The van der Waals surface area contributed by atoms with Gasteiger partial charge in [0, 0.05) is 18.0 Å². The number of aryl methyl sites for hydroxylation is 1. The Kier molecular flexibility index (Phi) is 3.97. The molecule has 1 aliphatic carbocycles. The molecule has 1 aromatic rings. The van der Waals surface area contributed by atoms with Crippen LogP contribution in [0.25, 0.3) is 0 Å². The van der Waals surface area contributed by atoms with Gasteiger partial charge in [-0.1, -0.05) is 0 Å². The minimum atomic E-state index is -0.695. The van der Waals surface area contributed by atoms with E-state index >= 15 is 0 Å². The van der Waals surface area contributed by atoms with Gasteiger partial charge in [-0.2, -0.15) is 0 Å². The normalized spacial score (nSPS) is 22.7. The van der Waals surface area contributed by atoms with E-state index in [1.54, 1.807) is 7.11 Å². The second-order valence-electron chi connectivity index (χ2n) is 6.08. The first-order valence-electron chi connectivity index (χ1n) is 7.24. The molecule has 2 fully saturated rings. The van der Waals surface area contributed by atoms with Crippen molar-refractivity contribution in [1.29, 1.82) is 0 Å². The highest BCUT2D eigenvalue weighted by molar-refractivity contribution is 9.10. The van der Waals surface area contributed by atoms with Gasteiger partial charge in [-0.15, -0.1) is 11.3 Å². The van der Waals surface area contributed by atoms with Crippen molar-refractivity contribution in [3.8, 4) is 5.75 Å². The van der Waals surface area contributed by atoms with E-state index in [9.17, 15) is 9.59 Å². The number of hydrogen-bond acceptors (Lipinski definition) is 4. The summed E-state index contributed by atoms with van der Waals surface area (Å²) in [4.78, 5) is 27.3. The smallest absolute Gasteiger partial charge is 0.307 e. The fourth-order valence-electron chi connectivity index (χ4n) is 3.38. The predicted octanol–water partition coefficient (Wildman–Crippen LogP) is 3.15. The minimum absolute atomic E-state index is 0.0157. The van der Waals surface area contributed by atoms with E-state index in [-0.39, 0.29) is 17.2 Å². The van der Waals surface area contributed by atoms with E-state index in [1.807, 2.05) is 11.8 Å². The summed E-state index contributed by atoms with van der Waals surface area (Å²) in [6, 6.07) is 0. The average Bonchev–Trinajstić information content (AvgIpc) is 3.12. The van der Waals surface area contributed by atoms with E-state index in [4.69, 9.17) is 9.84 Å². The Morgan fingerprint density at radius 2 is 2.05 bits per heavy atom. The fraction of sp³-hybridized carbons (Fsp3) is 0.600. The molecule has 0 aromatic carbocycles. The Balaban J connectivity index is 1.71. The minimum Gasteiger partial charge on any atom is -0.494 e. The Hall–Kier alpha value is -1.08. The third kappa shape index (κ3) is 2.44. The SMILES string of the molecule is COc1c(C(=O)N2CCC3(CC2)CC3C(=O)O)sc(C)c1Br. The number of carbonyl (C=O) groups is 2. The Bertz CT molecular complexity index is 634. The van der Waals surface area contributed by atoms with E-state index < -0.39 is 5.97 Å². The molecule has 3 rings (SSSR count). The lowest BCUT2D eigenvalue weighted by atomic mass is 9.91. The number of halogens is 1. The van der Waals surface area contributed by atoms with Gasteiger partial charge in [-0.05, 0) is 47.5 Å². The molecule has 7 heteroatoms. The number of piperidine rings is 1. The lowest BCUT2D eigenvalue weighted by Gasteiger charge is -2.32. The third-order valence-electron chi connectivity index (χ3n) is 4.90. The van der Waals surface area contributed by atoms with Crippen molar-refractivity contribution in [2.45, 2.75) is 26.2 Å². The average molecular weight is 388 g/mol. The summed E-state index contributed by atoms with van der Waals surface area (Å²) in [5, 5.41) is 9.12. The van der Waals surface area contributed by atoms with E-state index in [0.29, 0.717) is 23.7 Å². The summed E-state index contributed by atoms with van der Waals surface area (Å²) in [7, 11) is 1.57. The number of thiophene rings is 1. The fourth-order valence-corrected chi connectivity index (χ4v) is 5.09. The number of aliphatic carboxylic acids is 1. The number of amides is 1. The molecule has 1 saturated carbocycles. The monoisotopic (exact) mass is 387 g/mol. The number of ether oxygens (including phenoxy) is 1. The molecule has 22 heavy (non-hydrogen) atoms. The number of methoxy groups -OCH3 is 1. The zero-order valence-corrected chi connectivity index (χ0v) is 14.9. The highest BCUT2D eigenvalue weighted by Crippen LogP contribution is 2.59. The molecule has 2 aliphatic rings. The van der Waals surface area contributed by atoms with Gasteiger partial charge in [0.1, 0.15) is 4.88 Å². The molecule has 2 heterocycles. The first kappa shape index (κ1) is 15.8. The standard InChI is InChI=1S/C15H18BrNO4S/c1-8-10(16)11(21-2)12(22-8)13(18)17-5-3-15(4-6-17)7-9(15)14(19)20/h9H,3-7H2,1-2H3,(H,19,20). The summed E-state index contributed by atoms with van der Waals surface area (Å²) in [5.74, 6) is -0.322. The van der Waals surface area contributed by atoms with Crippen LogP contribution in [0.4, 0.5) is 0 Å². The molecular weight excluding hydrogens is 370 g/mol. The van der Waals surface area contributed by atoms with E-state index in [1.165, 1.54) is 11.3 Å². The third-order valence-corrected chi connectivity index (χ3v) is 7.19. The van der Waals surface area contributed by atoms with Gasteiger partial charge >= 0.3 is 5.97 Å². The molecule has 0 radical (unpaired) electrons. The maximum atomic E-state index is 12.7. The summed E-state index contributed by atoms with van der Waals surface area (Å²) < 4.78 is 6.19. The molecule has 1 spiro atoms. The second kappa shape index (κ2) is 5.53. The molecule has 1 aliphatic heterocycles. The van der Waals surface area contributed by atoms with E-state index in [0.717, 1.165) is 28.6 Å². The van der Waals surface area contributed by atoms with Crippen molar-refractivity contribution in [1.82, 2.24) is 4.90 Å². The molecule has 1 unspecified atom stereocenters. The van der Waals surface area contributed by atoms with Gasteiger partial charge < -0.3 is 14.7 Å². The molecule has 120 valence electrons. The Labute approximate surface area is 141 Å². The van der Waals surface area contributed by atoms with Crippen LogP contribution < -0.4 is 4.74 Å². The molecule has 0 bridgehead atoms.